The second-order valence-corrected chi connectivity index (χ2v) is 13.2. The number of likely N-dealkylation sites (N-methyl/N-ethyl adjacent to an activating group) is 3. The molecule has 4 rings (SSSR count). The zero-order valence-electron chi connectivity index (χ0n) is 29.8. The minimum atomic E-state index is -0.871. The van der Waals surface area contributed by atoms with Gasteiger partial charge in [0.2, 0.25) is 11.8 Å². The van der Waals surface area contributed by atoms with E-state index < -0.39 is 12.1 Å². The number of nitrogens with two attached hydrogens (primary N) is 1. The standard InChI is InChI=1S/C41H51N5O3/c1-30(42)35-19-13-20-36(29-35)39(47)45(5)38(28-32-21-23-34(24-22-32)33-17-11-8-12-18-33)41(49)46(6)37(27-31-15-9-7-10-16-31)40(48)44(4)26-14-25-43(2)3/h7-13,15-24,29-30,37-38H,14,25-28,42H2,1-6H3/t30?,37-,38-/m1/s1. The molecule has 3 amide bonds. The first-order valence-corrected chi connectivity index (χ1v) is 16.9. The molecule has 1 unspecified atom stereocenters. The van der Waals surface area contributed by atoms with E-state index in [0.717, 1.165) is 40.8 Å². The molecule has 0 radical (unpaired) electrons. The summed E-state index contributed by atoms with van der Waals surface area (Å²) in [5, 5.41) is 0. The molecule has 3 atom stereocenters. The van der Waals surface area contributed by atoms with E-state index in [4.69, 9.17) is 5.73 Å². The Morgan fingerprint density at radius 1 is 0.612 bits per heavy atom. The highest BCUT2D eigenvalue weighted by molar-refractivity contribution is 5.98. The smallest absolute Gasteiger partial charge is 0.254 e. The molecule has 0 aliphatic heterocycles. The number of hydrogen-bond donors (Lipinski definition) is 1. The van der Waals surface area contributed by atoms with Crippen molar-refractivity contribution in [1.82, 2.24) is 19.6 Å². The molecule has 8 heteroatoms. The summed E-state index contributed by atoms with van der Waals surface area (Å²) in [6, 6.07) is 33.3. The molecule has 4 aromatic rings. The number of benzene rings is 4. The number of rotatable bonds is 15. The van der Waals surface area contributed by atoms with E-state index in [-0.39, 0.29) is 30.2 Å². The Hall–Kier alpha value is -4.79. The molecule has 0 aliphatic rings. The summed E-state index contributed by atoms with van der Waals surface area (Å²) in [7, 11) is 9.15. The predicted molar refractivity (Wildman–Crippen MR) is 198 cm³/mol. The molecule has 4 aromatic carbocycles. The van der Waals surface area contributed by atoms with E-state index in [1.54, 1.807) is 43.1 Å². The second-order valence-electron chi connectivity index (χ2n) is 13.2. The monoisotopic (exact) mass is 661 g/mol. The molecule has 49 heavy (non-hydrogen) atoms. The Bertz CT molecular complexity index is 1660. The highest BCUT2D eigenvalue weighted by Crippen LogP contribution is 2.23. The number of carbonyl (C=O) groups is 3. The van der Waals surface area contributed by atoms with Crippen molar-refractivity contribution in [3.05, 3.63) is 131 Å². The van der Waals surface area contributed by atoms with Gasteiger partial charge in [-0.1, -0.05) is 97.1 Å². The van der Waals surface area contributed by atoms with Crippen LogP contribution in [0.2, 0.25) is 0 Å². The first-order chi connectivity index (χ1) is 23.5. The number of amides is 3. The van der Waals surface area contributed by atoms with Crippen LogP contribution in [0.1, 0.15) is 46.4 Å². The Balaban J connectivity index is 1.68. The molecule has 0 saturated heterocycles. The van der Waals surface area contributed by atoms with Gasteiger partial charge in [-0.3, -0.25) is 14.4 Å². The molecular formula is C41H51N5O3. The van der Waals surface area contributed by atoms with Gasteiger partial charge in [0.05, 0.1) is 0 Å². The summed E-state index contributed by atoms with van der Waals surface area (Å²) in [6.07, 6.45) is 1.44. The van der Waals surface area contributed by atoms with Gasteiger partial charge in [0, 0.05) is 52.1 Å². The van der Waals surface area contributed by atoms with Crippen molar-refractivity contribution in [1.29, 1.82) is 0 Å². The van der Waals surface area contributed by atoms with Crippen molar-refractivity contribution in [2.75, 3.05) is 48.3 Å². The Morgan fingerprint density at radius 2 is 1.16 bits per heavy atom. The maximum absolute atomic E-state index is 14.7. The fourth-order valence-electron chi connectivity index (χ4n) is 5.98. The maximum Gasteiger partial charge on any atom is 0.254 e. The van der Waals surface area contributed by atoms with Gasteiger partial charge >= 0.3 is 0 Å². The normalized spacial score (nSPS) is 13.0. The Morgan fingerprint density at radius 3 is 1.76 bits per heavy atom. The predicted octanol–water partition coefficient (Wildman–Crippen LogP) is 5.54. The minimum absolute atomic E-state index is 0.136. The second kappa shape index (κ2) is 17.6. The Labute approximate surface area is 292 Å². The first-order valence-electron chi connectivity index (χ1n) is 16.9. The number of carbonyl (C=O) groups excluding carboxylic acids is 3. The van der Waals surface area contributed by atoms with Crippen LogP contribution >= 0.6 is 0 Å². The van der Waals surface area contributed by atoms with Crippen molar-refractivity contribution in [2.24, 2.45) is 5.73 Å². The van der Waals surface area contributed by atoms with E-state index in [1.165, 1.54) is 4.90 Å². The summed E-state index contributed by atoms with van der Waals surface area (Å²) in [4.78, 5) is 49.6. The lowest BCUT2D eigenvalue weighted by atomic mass is 9.97. The highest BCUT2D eigenvalue weighted by atomic mass is 16.2. The van der Waals surface area contributed by atoms with Gasteiger partial charge in [0.1, 0.15) is 12.1 Å². The largest absolute Gasteiger partial charge is 0.344 e. The van der Waals surface area contributed by atoms with Crippen molar-refractivity contribution < 1.29 is 14.4 Å². The molecule has 0 aromatic heterocycles. The van der Waals surface area contributed by atoms with Crippen LogP contribution in [-0.4, -0.2) is 97.7 Å². The molecule has 2 N–H and O–H groups in total. The van der Waals surface area contributed by atoms with Crippen molar-refractivity contribution in [3.8, 4) is 11.1 Å². The van der Waals surface area contributed by atoms with Crippen molar-refractivity contribution in [3.63, 3.8) is 0 Å². The van der Waals surface area contributed by atoms with E-state index in [9.17, 15) is 14.4 Å². The third-order valence-electron chi connectivity index (χ3n) is 9.07. The first kappa shape index (κ1) is 37.0. The van der Waals surface area contributed by atoms with Crippen LogP contribution in [-0.2, 0) is 22.4 Å². The van der Waals surface area contributed by atoms with Gasteiger partial charge in [-0.25, -0.2) is 0 Å². The van der Waals surface area contributed by atoms with Gasteiger partial charge in [0.15, 0.2) is 0 Å². The van der Waals surface area contributed by atoms with Gasteiger partial charge in [-0.2, -0.15) is 0 Å². The van der Waals surface area contributed by atoms with E-state index in [2.05, 4.69) is 17.0 Å². The van der Waals surface area contributed by atoms with Crippen LogP contribution < -0.4 is 5.73 Å². The van der Waals surface area contributed by atoms with Crippen LogP contribution in [0.25, 0.3) is 11.1 Å². The van der Waals surface area contributed by atoms with Crippen molar-refractivity contribution >= 4 is 17.7 Å². The summed E-state index contributed by atoms with van der Waals surface area (Å²) >= 11 is 0. The summed E-state index contributed by atoms with van der Waals surface area (Å²) in [5.41, 5.74) is 11.4. The summed E-state index contributed by atoms with van der Waals surface area (Å²) in [6.45, 7) is 3.28. The lowest BCUT2D eigenvalue weighted by Crippen LogP contribution is -2.56. The fourth-order valence-corrected chi connectivity index (χ4v) is 5.98. The summed E-state index contributed by atoms with van der Waals surface area (Å²) in [5.74, 6) is -0.729. The SMILES string of the molecule is CC(N)c1cccc(C(=O)N(C)[C@H](Cc2ccc(-c3ccccc3)cc2)C(=O)N(C)[C@H](Cc2ccccc2)C(=O)N(C)CCCN(C)C)c1. The molecule has 258 valence electrons. The molecule has 0 bridgehead atoms. The molecule has 0 aliphatic carbocycles. The van der Waals surface area contributed by atoms with Crippen LogP contribution in [0.3, 0.4) is 0 Å². The molecule has 0 fully saturated rings. The number of hydrogen-bond acceptors (Lipinski definition) is 5. The third kappa shape index (κ3) is 10.1. The van der Waals surface area contributed by atoms with Crippen LogP contribution in [0.5, 0.6) is 0 Å². The molecule has 8 nitrogen and oxygen atoms in total. The van der Waals surface area contributed by atoms with Crippen LogP contribution in [0.4, 0.5) is 0 Å². The average molecular weight is 662 g/mol. The van der Waals surface area contributed by atoms with E-state index in [0.29, 0.717) is 18.5 Å². The molecule has 0 spiro atoms. The quantitative estimate of drug-likeness (QED) is 0.181. The topological polar surface area (TPSA) is 90.2 Å². The third-order valence-corrected chi connectivity index (χ3v) is 9.07. The lowest BCUT2D eigenvalue weighted by molar-refractivity contribution is -0.146. The van der Waals surface area contributed by atoms with Gasteiger partial charge in [0.25, 0.3) is 5.91 Å². The van der Waals surface area contributed by atoms with Crippen LogP contribution in [0.15, 0.2) is 109 Å². The maximum atomic E-state index is 14.7. The highest BCUT2D eigenvalue weighted by Gasteiger charge is 2.36. The Kier molecular flexibility index (Phi) is 13.3. The van der Waals surface area contributed by atoms with Crippen molar-refractivity contribution in [2.45, 2.75) is 44.3 Å². The fraction of sp³-hybridized carbons (Fsp3) is 0.341. The van der Waals surface area contributed by atoms with Crippen LogP contribution in [0, 0.1) is 0 Å². The van der Waals surface area contributed by atoms with Gasteiger partial charge < -0.3 is 25.3 Å². The van der Waals surface area contributed by atoms with E-state index in [1.807, 2.05) is 106 Å². The minimum Gasteiger partial charge on any atom is -0.344 e. The zero-order chi connectivity index (χ0) is 35.5. The zero-order valence-corrected chi connectivity index (χ0v) is 29.8. The van der Waals surface area contributed by atoms with Gasteiger partial charge in [-0.15, -0.1) is 0 Å². The van der Waals surface area contributed by atoms with E-state index >= 15 is 0 Å². The average Bonchev–Trinajstić information content (AvgIpc) is 3.12. The summed E-state index contributed by atoms with van der Waals surface area (Å²) < 4.78 is 0. The molecular weight excluding hydrogens is 610 g/mol. The lowest BCUT2D eigenvalue weighted by Gasteiger charge is -2.36. The molecule has 0 heterocycles. The molecule has 0 saturated carbocycles. The van der Waals surface area contributed by atoms with Gasteiger partial charge in [-0.05, 0) is 73.9 Å². The number of nitrogens with zero attached hydrogens (tertiary/aromatic N) is 4.